The van der Waals surface area contributed by atoms with Crippen LogP contribution in [0, 0.1) is 0 Å². The summed E-state index contributed by atoms with van der Waals surface area (Å²) >= 11 is 0. The number of hydrogen-bond donors (Lipinski definition) is 2. The van der Waals surface area contributed by atoms with Crippen LogP contribution in [0.3, 0.4) is 0 Å². The lowest BCUT2D eigenvalue weighted by Crippen LogP contribution is -2.44. The monoisotopic (exact) mass is 461 g/mol. The molecule has 0 spiro atoms. The van der Waals surface area contributed by atoms with E-state index < -0.39 is 0 Å². The molecule has 0 atom stereocenters. The summed E-state index contributed by atoms with van der Waals surface area (Å²) in [6, 6.07) is 23.1. The van der Waals surface area contributed by atoms with Gasteiger partial charge in [0.1, 0.15) is 12.2 Å². The zero-order valence-electron chi connectivity index (χ0n) is 19.6. The highest BCUT2D eigenvalue weighted by atomic mass is 15.3. The summed E-state index contributed by atoms with van der Waals surface area (Å²) in [6.07, 6.45) is 5.21. The number of nitrogens with zero attached hydrogens (tertiary/aromatic N) is 5. The molecule has 1 saturated heterocycles. The number of piperazine rings is 1. The molecular weight excluding hydrogens is 434 g/mol. The lowest BCUT2D eigenvalue weighted by molar-refractivity contribution is 0.313. The van der Waals surface area contributed by atoms with Crippen molar-refractivity contribution in [1.82, 2.24) is 24.8 Å². The summed E-state index contributed by atoms with van der Waals surface area (Å²) in [5.41, 5.74) is 8.47. The zero-order valence-corrected chi connectivity index (χ0v) is 19.6. The number of fused-ring (bicyclic) bond motifs is 1. The van der Waals surface area contributed by atoms with Crippen LogP contribution in [-0.2, 0) is 0 Å². The normalized spacial score (nSPS) is 14.4. The molecule has 1 fully saturated rings. The van der Waals surface area contributed by atoms with Crippen molar-refractivity contribution in [3.63, 3.8) is 0 Å². The molecule has 0 unspecified atom stereocenters. The molecule has 7 heteroatoms. The van der Waals surface area contributed by atoms with Gasteiger partial charge in [-0.05, 0) is 55.1 Å². The van der Waals surface area contributed by atoms with Crippen molar-refractivity contribution in [3.8, 4) is 22.5 Å². The third kappa shape index (κ3) is 4.46. The van der Waals surface area contributed by atoms with Gasteiger partial charge in [0.15, 0.2) is 0 Å². The van der Waals surface area contributed by atoms with Gasteiger partial charge in [0.2, 0.25) is 0 Å². The van der Waals surface area contributed by atoms with E-state index in [-0.39, 0.29) is 0 Å². The van der Waals surface area contributed by atoms with E-state index in [1.54, 1.807) is 6.33 Å². The second-order valence-electron chi connectivity index (χ2n) is 8.95. The second-order valence-corrected chi connectivity index (χ2v) is 8.95. The van der Waals surface area contributed by atoms with E-state index in [2.05, 4.69) is 85.6 Å². The standard InChI is InChI=1S/C28H27N7/c1-34-12-14-35(15-13-34)27-11-8-21(28-32-24-4-2-3-5-25(24)33-28)16-26(27)31-23-9-6-20(7-10-23)22-17-29-19-30-18-22/h2-11,16-19,31H,12-15H2,1H3,(H,32,33). The molecule has 0 aliphatic carbocycles. The average Bonchev–Trinajstić information content (AvgIpc) is 3.35. The maximum atomic E-state index is 4.81. The predicted octanol–water partition coefficient (Wildman–Crippen LogP) is 5.18. The molecule has 1 aliphatic rings. The first-order valence-electron chi connectivity index (χ1n) is 11.9. The van der Waals surface area contributed by atoms with E-state index in [0.29, 0.717) is 0 Å². The van der Waals surface area contributed by atoms with Crippen molar-refractivity contribution in [2.24, 2.45) is 0 Å². The minimum absolute atomic E-state index is 0.874. The molecular formula is C28H27N7. The Morgan fingerprint density at radius 1 is 0.800 bits per heavy atom. The summed E-state index contributed by atoms with van der Waals surface area (Å²) in [4.78, 5) is 21.4. The van der Waals surface area contributed by atoms with Crippen LogP contribution >= 0.6 is 0 Å². The Kier molecular flexibility index (Phi) is 5.60. The second kappa shape index (κ2) is 9.19. The summed E-state index contributed by atoms with van der Waals surface area (Å²) < 4.78 is 0. The van der Waals surface area contributed by atoms with Gasteiger partial charge < -0.3 is 20.1 Å². The third-order valence-corrected chi connectivity index (χ3v) is 6.56. The average molecular weight is 462 g/mol. The number of aromatic amines is 1. The molecule has 5 aromatic rings. The minimum atomic E-state index is 0.874. The Morgan fingerprint density at radius 3 is 2.31 bits per heavy atom. The van der Waals surface area contributed by atoms with Crippen LogP contribution in [0.25, 0.3) is 33.5 Å². The van der Waals surface area contributed by atoms with Crippen LogP contribution in [0.5, 0.6) is 0 Å². The number of aromatic nitrogens is 4. The largest absolute Gasteiger partial charge is 0.367 e. The van der Waals surface area contributed by atoms with Crippen LogP contribution < -0.4 is 10.2 Å². The molecule has 7 nitrogen and oxygen atoms in total. The first-order valence-corrected chi connectivity index (χ1v) is 11.9. The van der Waals surface area contributed by atoms with Crippen molar-refractivity contribution >= 4 is 28.1 Å². The molecule has 0 radical (unpaired) electrons. The summed E-state index contributed by atoms with van der Waals surface area (Å²) in [7, 11) is 2.18. The maximum Gasteiger partial charge on any atom is 0.138 e. The number of rotatable bonds is 5. The Labute approximate surface area is 204 Å². The van der Waals surface area contributed by atoms with Crippen molar-refractivity contribution < 1.29 is 0 Å². The Morgan fingerprint density at radius 2 is 1.54 bits per heavy atom. The highest BCUT2D eigenvalue weighted by Gasteiger charge is 2.18. The predicted molar refractivity (Wildman–Crippen MR) is 142 cm³/mol. The highest BCUT2D eigenvalue weighted by Crippen LogP contribution is 2.34. The first-order chi connectivity index (χ1) is 17.2. The van der Waals surface area contributed by atoms with Crippen LogP contribution in [0.1, 0.15) is 0 Å². The van der Waals surface area contributed by atoms with Gasteiger partial charge in [-0.2, -0.15) is 0 Å². The Hall–Kier alpha value is -4.23. The van der Waals surface area contributed by atoms with Crippen LogP contribution in [0.2, 0.25) is 0 Å². The zero-order chi connectivity index (χ0) is 23.6. The van der Waals surface area contributed by atoms with Crippen molar-refractivity contribution in [3.05, 3.63) is 85.5 Å². The van der Waals surface area contributed by atoms with Gasteiger partial charge in [-0.25, -0.2) is 15.0 Å². The summed E-state index contributed by atoms with van der Waals surface area (Å²) in [5.74, 6) is 0.874. The first kappa shape index (κ1) is 21.3. The fraction of sp³-hybridized carbons (Fsp3) is 0.179. The minimum Gasteiger partial charge on any atom is -0.367 e. The van der Waals surface area contributed by atoms with Crippen molar-refractivity contribution in [2.75, 3.05) is 43.4 Å². The Bertz CT molecular complexity index is 1400. The molecule has 1 aliphatic heterocycles. The molecule has 35 heavy (non-hydrogen) atoms. The third-order valence-electron chi connectivity index (χ3n) is 6.56. The van der Waals surface area contributed by atoms with Crippen molar-refractivity contribution in [2.45, 2.75) is 0 Å². The maximum absolute atomic E-state index is 4.81. The molecule has 174 valence electrons. The number of anilines is 3. The number of benzene rings is 3. The number of likely N-dealkylation sites (N-methyl/N-ethyl adjacent to an activating group) is 1. The van der Waals surface area contributed by atoms with Gasteiger partial charge >= 0.3 is 0 Å². The van der Waals surface area contributed by atoms with E-state index in [1.807, 2.05) is 30.6 Å². The molecule has 3 heterocycles. The number of imidazole rings is 1. The van der Waals surface area contributed by atoms with Gasteiger partial charge in [-0.1, -0.05) is 24.3 Å². The van der Waals surface area contributed by atoms with Crippen molar-refractivity contribution in [1.29, 1.82) is 0 Å². The molecule has 0 saturated carbocycles. The smallest absolute Gasteiger partial charge is 0.138 e. The van der Waals surface area contributed by atoms with E-state index in [4.69, 9.17) is 4.98 Å². The molecule has 2 N–H and O–H groups in total. The molecule has 6 rings (SSSR count). The van der Waals surface area contributed by atoms with Gasteiger partial charge in [0.05, 0.1) is 22.4 Å². The van der Waals surface area contributed by atoms with Crippen LogP contribution in [-0.4, -0.2) is 58.1 Å². The van der Waals surface area contributed by atoms with E-state index >= 15 is 0 Å². The van der Waals surface area contributed by atoms with Crippen LogP contribution in [0.4, 0.5) is 17.1 Å². The SMILES string of the molecule is CN1CCN(c2ccc(-c3nc4ccccc4[nH]3)cc2Nc2ccc(-c3cncnc3)cc2)CC1. The number of H-pyrrole nitrogens is 1. The summed E-state index contributed by atoms with van der Waals surface area (Å²) in [6.45, 7) is 4.11. The highest BCUT2D eigenvalue weighted by molar-refractivity contribution is 5.84. The number of para-hydroxylation sites is 2. The lowest BCUT2D eigenvalue weighted by Gasteiger charge is -2.35. The molecule has 3 aromatic carbocycles. The number of hydrogen-bond acceptors (Lipinski definition) is 6. The van der Waals surface area contributed by atoms with E-state index in [0.717, 1.165) is 71.1 Å². The van der Waals surface area contributed by atoms with Gasteiger partial charge in [-0.15, -0.1) is 0 Å². The summed E-state index contributed by atoms with van der Waals surface area (Å²) in [5, 5.41) is 3.68. The van der Waals surface area contributed by atoms with E-state index in [1.165, 1.54) is 5.69 Å². The Balaban J connectivity index is 1.34. The van der Waals surface area contributed by atoms with Gasteiger partial charge in [0.25, 0.3) is 0 Å². The number of nitrogens with one attached hydrogen (secondary N) is 2. The van der Waals surface area contributed by atoms with Gasteiger partial charge in [0, 0.05) is 55.4 Å². The quantitative estimate of drug-likeness (QED) is 0.376. The fourth-order valence-electron chi connectivity index (χ4n) is 4.55. The molecule has 2 aromatic heterocycles. The van der Waals surface area contributed by atoms with Gasteiger partial charge in [-0.3, -0.25) is 0 Å². The molecule has 0 amide bonds. The van der Waals surface area contributed by atoms with Crippen LogP contribution in [0.15, 0.2) is 85.5 Å². The lowest BCUT2D eigenvalue weighted by atomic mass is 10.1. The molecule has 0 bridgehead atoms. The topological polar surface area (TPSA) is 73.0 Å². The van der Waals surface area contributed by atoms with E-state index in [9.17, 15) is 0 Å². The fourth-order valence-corrected chi connectivity index (χ4v) is 4.55.